The van der Waals surface area contributed by atoms with E-state index in [1.165, 1.54) is 29.1 Å². The zero-order valence-corrected chi connectivity index (χ0v) is 20.0. The van der Waals surface area contributed by atoms with Gasteiger partial charge in [0.15, 0.2) is 11.4 Å². The number of carbonyl (C=O) groups excluding carboxylic acids is 1. The number of pyridine rings is 1. The minimum absolute atomic E-state index is 0.171. The molecule has 1 aromatic heterocycles. The number of amides is 1. The zero-order valence-electron chi connectivity index (χ0n) is 19.2. The van der Waals surface area contributed by atoms with E-state index in [0.29, 0.717) is 34.6 Å². The molecule has 2 aromatic carbocycles. The Labute approximate surface area is 215 Å². The molecule has 1 N–H and O–H groups in total. The number of aromatic nitrogens is 1. The minimum Gasteiger partial charge on any atom is -0.502 e. The summed E-state index contributed by atoms with van der Waals surface area (Å²) in [6.45, 7) is 0.434. The molecule has 0 spiro atoms. The van der Waals surface area contributed by atoms with Gasteiger partial charge in [-0.2, -0.15) is 0 Å². The van der Waals surface area contributed by atoms with Crippen LogP contribution in [0.15, 0.2) is 64.4 Å². The number of aromatic hydroxyl groups is 1. The Morgan fingerprint density at radius 2 is 1.78 bits per heavy atom. The van der Waals surface area contributed by atoms with Crippen LogP contribution in [0.25, 0.3) is 0 Å². The summed E-state index contributed by atoms with van der Waals surface area (Å²) >= 11 is 1.16. The van der Waals surface area contributed by atoms with Crippen LogP contribution < -0.4 is 10.4 Å². The maximum atomic E-state index is 14.5. The highest BCUT2D eigenvalue weighted by Crippen LogP contribution is 2.52. The number of hydrogen-bond acceptors (Lipinski definition) is 5. The zero-order chi connectivity index (χ0) is 25.4. The molecule has 1 fully saturated rings. The van der Waals surface area contributed by atoms with E-state index in [0.717, 1.165) is 24.6 Å². The predicted molar refractivity (Wildman–Crippen MR) is 138 cm³/mol. The van der Waals surface area contributed by atoms with Crippen LogP contribution in [0.1, 0.15) is 46.4 Å². The smallest absolute Gasteiger partial charge is 0.278 e. The van der Waals surface area contributed by atoms with Crippen molar-refractivity contribution in [3.05, 3.63) is 93.2 Å². The molecule has 11 heteroatoms. The van der Waals surface area contributed by atoms with Crippen LogP contribution >= 0.6 is 11.8 Å². The molecule has 174 valence electrons. The van der Waals surface area contributed by atoms with Crippen molar-refractivity contribution in [3.8, 4) is 5.75 Å². The van der Waals surface area contributed by atoms with Crippen molar-refractivity contribution in [3.63, 3.8) is 0 Å². The molecule has 1 saturated heterocycles. The van der Waals surface area contributed by atoms with Gasteiger partial charge in [-0.15, -0.1) is 11.8 Å². The van der Waals surface area contributed by atoms with Gasteiger partial charge in [0.25, 0.3) is 5.91 Å². The molecule has 4 heterocycles. The monoisotopic (exact) mass is 493 g/mol. The molecular weight excluding hydrogens is 474 g/mol. The molecule has 36 heavy (non-hydrogen) atoms. The van der Waals surface area contributed by atoms with Crippen molar-refractivity contribution < 1.29 is 14.3 Å². The molecule has 0 saturated carbocycles. The Morgan fingerprint density at radius 1 is 1.00 bits per heavy atom. The summed E-state index contributed by atoms with van der Waals surface area (Å²) in [5.41, 5.74) is -0.949. The van der Waals surface area contributed by atoms with Crippen molar-refractivity contribution in [2.45, 2.75) is 40.3 Å². The predicted octanol–water partition coefficient (Wildman–Crippen LogP) is 2.22. The summed E-state index contributed by atoms with van der Waals surface area (Å²) in [5, 5.41) is 12.5. The van der Waals surface area contributed by atoms with Crippen LogP contribution in [0.4, 0.5) is 4.39 Å². The van der Waals surface area contributed by atoms with E-state index in [9.17, 15) is 19.1 Å². The van der Waals surface area contributed by atoms with E-state index < -0.39 is 39.1 Å². The normalized spacial score (nSPS) is 24.2. The molecule has 6 radical (unpaired) electrons. The summed E-state index contributed by atoms with van der Waals surface area (Å²) in [7, 11) is 20.6. The molecule has 3 aliphatic rings. The fourth-order valence-corrected chi connectivity index (χ4v) is 6.78. The molecule has 3 aliphatic heterocycles. The standard InChI is InChI=1S/C25H19B3FN3O3S/c26-24(15-9-8-14(29)13-17(15)25(27,28)36-19-6-2-1-5-16(19)24)32-20-7-3-4-11-30(20)23(35)21-22(34)18(33)10-12-31(21)32/h1-2,5-6,8-10,12-13,20,34H,3-4,7,11H2/t20-,24-/m1/s1. The number of carbonyl (C=O) groups is 1. The number of piperidine rings is 1. The lowest BCUT2D eigenvalue weighted by Gasteiger charge is -2.56. The quantitative estimate of drug-likeness (QED) is 0.528. The maximum Gasteiger partial charge on any atom is 0.278 e. The molecular formula is C25H19B3FN3O3S. The summed E-state index contributed by atoms with van der Waals surface area (Å²) in [6, 6.07) is 12.7. The topological polar surface area (TPSA) is 65.8 Å². The largest absolute Gasteiger partial charge is 0.502 e. The van der Waals surface area contributed by atoms with Crippen LogP contribution in [-0.4, -0.2) is 56.8 Å². The molecule has 0 bridgehead atoms. The van der Waals surface area contributed by atoms with Crippen LogP contribution in [0, 0.1) is 5.82 Å². The Balaban J connectivity index is 1.74. The van der Waals surface area contributed by atoms with Gasteiger partial charge in [0.05, 0.1) is 21.1 Å². The van der Waals surface area contributed by atoms with Gasteiger partial charge in [0, 0.05) is 23.7 Å². The van der Waals surface area contributed by atoms with Crippen LogP contribution in [0.3, 0.4) is 0 Å². The highest BCUT2D eigenvalue weighted by atomic mass is 32.2. The summed E-state index contributed by atoms with van der Waals surface area (Å²) in [6.07, 6.45) is 3.14. The summed E-state index contributed by atoms with van der Waals surface area (Å²) in [4.78, 5) is 28.2. The van der Waals surface area contributed by atoms with Gasteiger partial charge < -0.3 is 10.0 Å². The van der Waals surface area contributed by atoms with Gasteiger partial charge >= 0.3 is 0 Å². The second-order valence-corrected chi connectivity index (χ2v) is 10.7. The van der Waals surface area contributed by atoms with E-state index in [1.807, 2.05) is 24.3 Å². The maximum absolute atomic E-state index is 14.5. The first-order valence-corrected chi connectivity index (χ1v) is 12.5. The third kappa shape index (κ3) is 3.14. The van der Waals surface area contributed by atoms with Crippen molar-refractivity contribution in [2.24, 2.45) is 0 Å². The molecule has 0 aliphatic carbocycles. The fraction of sp³-hybridized carbons (Fsp3) is 0.280. The Hall–Kier alpha value is -3.07. The number of nitrogens with zero attached hydrogens (tertiary/aromatic N) is 3. The van der Waals surface area contributed by atoms with Crippen LogP contribution in [0.5, 0.6) is 5.75 Å². The molecule has 3 aromatic rings. The number of hydrogen-bond donors (Lipinski definition) is 1. The first kappa shape index (κ1) is 23.3. The lowest BCUT2D eigenvalue weighted by Crippen LogP contribution is -2.69. The van der Waals surface area contributed by atoms with E-state index in [1.54, 1.807) is 16.0 Å². The lowest BCUT2D eigenvalue weighted by atomic mass is 9.58. The highest BCUT2D eigenvalue weighted by molar-refractivity contribution is 8.02. The molecule has 2 atom stereocenters. The second kappa shape index (κ2) is 7.97. The highest BCUT2D eigenvalue weighted by Gasteiger charge is 2.51. The molecule has 6 nitrogen and oxygen atoms in total. The van der Waals surface area contributed by atoms with Gasteiger partial charge in [-0.3, -0.25) is 19.3 Å². The molecule has 6 rings (SSSR count). The third-order valence-electron chi connectivity index (χ3n) is 7.25. The van der Waals surface area contributed by atoms with Crippen molar-refractivity contribution >= 4 is 41.2 Å². The fourth-order valence-electron chi connectivity index (χ4n) is 5.66. The summed E-state index contributed by atoms with van der Waals surface area (Å²) < 4.78 is 14.5. The Bertz CT molecular complexity index is 1480. The number of rotatable bonds is 1. The van der Waals surface area contributed by atoms with Gasteiger partial charge in [0.1, 0.15) is 19.8 Å². The van der Waals surface area contributed by atoms with Gasteiger partial charge in [0.2, 0.25) is 5.43 Å². The van der Waals surface area contributed by atoms with Gasteiger partial charge in [-0.05, 0) is 58.7 Å². The second-order valence-electron chi connectivity index (χ2n) is 9.39. The third-order valence-corrected chi connectivity index (χ3v) is 8.39. The van der Waals surface area contributed by atoms with Crippen molar-refractivity contribution in [1.29, 1.82) is 0 Å². The SMILES string of the molecule is [B]C1([B])Sc2ccccc2[C@]([B])(N2[C@@H]3CCCCN3C(=O)c3c(O)c(=O)ccn32)c2ccc(F)cc21. The minimum atomic E-state index is -1.51. The van der Waals surface area contributed by atoms with E-state index in [4.69, 9.17) is 23.5 Å². The van der Waals surface area contributed by atoms with E-state index >= 15 is 0 Å². The number of halogens is 1. The lowest BCUT2D eigenvalue weighted by molar-refractivity contribution is 0.0447. The molecule has 1 amide bonds. The number of thioether (sulfide) groups is 1. The average Bonchev–Trinajstić information content (AvgIpc) is 2.92. The summed E-state index contributed by atoms with van der Waals surface area (Å²) in [5.74, 6) is -1.61. The van der Waals surface area contributed by atoms with Crippen LogP contribution in [-0.2, 0) is 9.98 Å². The molecule has 0 unspecified atom stereocenters. The Morgan fingerprint density at radius 3 is 2.58 bits per heavy atom. The van der Waals surface area contributed by atoms with Crippen molar-refractivity contribution in [2.75, 3.05) is 11.6 Å². The average molecular weight is 493 g/mol. The first-order chi connectivity index (χ1) is 17.1. The van der Waals surface area contributed by atoms with Crippen molar-refractivity contribution in [1.82, 2.24) is 9.58 Å². The van der Waals surface area contributed by atoms with Gasteiger partial charge in [-0.25, -0.2) is 4.39 Å². The van der Waals surface area contributed by atoms with E-state index in [2.05, 4.69) is 0 Å². The van der Waals surface area contributed by atoms with Gasteiger partial charge in [-0.1, -0.05) is 24.3 Å². The number of benzene rings is 2. The van der Waals surface area contributed by atoms with E-state index in [-0.39, 0.29) is 5.69 Å². The number of fused-ring (bicyclic) bond motifs is 4. The first-order valence-electron chi connectivity index (χ1n) is 11.7. The van der Waals surface area contributed by atoms with Crippen LogP contribution in [0.2, 0.25) is 0 Å². The Kier molecular flexibility index (Phi) is 5.17.